The molecule has 1 fully saturated rings. The van der Waals surface area contributed by atoms with Crippen molar-refractivity contribution in [1.82, 2.24) is 15.1 Å². The molecule has 2 aromatic rings. The van der Waals surface area contributed by atoms with Gasteiger partial charge in [-0.25, -0.2) is 0 Å². The van der Waals surface area contributed by atoms with Crippen LogP contribution in [0.15, 0.2) is 24.3 Å². The van der Waals surface area contributed by atoms with Gasteiger partial charge in [-0.15, -0.1) is 10.2 Å². The molecule has 1 aliphatic heterocycles. The molecule has 162 valence electrons. The van der Waals surface area contributed by atoms with Crippen LogP contribution in [0.3, 0.4) is 0 Å². The Kier molecular flexibility index (Phi) is 6.34. The first-order chi connectivity index (χ1) is 14.3. The molecule has 30 heavy (non-hydrogen) atoms. The van der Waals surface area contributed by atoms with Crippen molar-refractivity contribution >= 4 is 11.7 Å². The molecule has 0 unspecified atom stereocenters. The van der Waals surface area contributed by atoms with Crippen molar-refractivity contribution in [2.75, 3.05) is 52.4 Å². The number of methoxy groups -OCH3 is 3. The number of benzene rings is 1. The molecule has 0 bridgehead atoms. The van der Waals surface area contributed by atoms with Gasteiger partial charge in [0, 0.05) is 37.2 Å². The average molecular weight is 415 g/mol. The van der Waals surface area contributed by atoms with Gasteiger partial charge in [0.05, 0.1) is 27.0 Å². The number of aromatic nitrogens is 2. The summed E-state index contributed by atoms with van der Waals surface area (Å²) in [5, 5.41) is 8.81. The Bertz CT molecular complexity index is 860. The summed E-state index contributed by atoms with van der Waals surface area (Å²) in [4.78, 5) is 16.5. The van der Waals surface area contributed by atoms with Gasteiger partial charge in [-0.05, 0) is 24.3 Å². The molecule has 1 aromatic heterocycles. The SMILES string of the molecule is COc1cc(-c2ccc(N3CCN(C(=O)C(C)(C)C)CC3)nn2)cc(OC)c1OC. The van der Waals surface area contributed by atoms with E-state index in [0.717, 1.165) is 24.5 Å². The van der Waals surface area contributed by atoms with Crippen LogP contribution in [0.1, 0.15) is 20.8 Å². The third kappa shape index (κ3) is 4.42. The molecular weight excluding hydrogens is 384 g/mol. The number of anilines is 1. The van der Waals surface area contributed by atoms with Crippen LogP contribution in [0.5, 0.6) is 17.2 Å². The predicted molar refractivity (Wildman–Crippen MR) is 115 cm³/mol. The van der Waals surface area contributed by atoms with Gasteiger partial charge >= 0.3 is 0 Å². The Morgan fingerprint density at radius 3 is 1.93 bits per heavy atom. The maximum Gasteiger partial charge on any atom is 0.228 e. The van der Waals surface area contributed by atoms with Crippen molar-refractivity contribution in [3.8, 4) is 28.5 Å². The van der Waals surface area contributed by atoms with Gasteiger partial charge in [-0.3, -0.25) is 4.79 Å². The van der Waals surface area contributed by atoms with Gasteiger partial charge in [0.2, 0.25) is 11.7 Å². The molecule has 0 N–H and O–H groups in total. The minimum atomic E-state index is -0.357. The van der Waals surface area contributed by atoms with Crippen LogP contribution in [-0.2, 0) is 4.79 Å². The third-order valence-electron chi connectivity index (χ3n) is 5.14. The molecule has 0 spiro atoms. The van der Waals surface area contributed by atoms with Gasteiger partial charge in [0.15, 0.2) is 17.3 Å². The number of amides is 1. The summed E-state index contributed by atoms with van der Waals surface area (Å²) in [6.45, 7) is 8.71. The van der Waals surface area contributed by atoms with E-state index in [-0.39, 0.29) is 11.3 Å². The van der Waals surface area contributed by atoms with Gasteiger partial charge in [0.1, 0.15) is 0 Å². The highest BCUT2D eigenvalue weighted by Gasteiger charge is 2.30. The first-order valence-corrected chi connectivity index (χ1v) is 9.97. The number of hydrogen-bond donors (Lipinski definition) is 0. The van der Waals surface area contributed by atoms with E-state index in [9.17, 15) is 4.79 Å². The Balaban J connectivity index is 1.74. The van der Waals surface area contributed by atoms with E-state index < -0.39 is 0 Å². The van der Waals surface area contributed by atoms with Crippen molar-refractivity contribution in [2.45, 2.75) is 20.8 Å². The molecule has 0 saturated carbocycles. The topological polar surface area (TPSA) is 77.0 Å². The lowest BCUT2D eigenvalue weighted by Crippen LogP contribution is -2.51. The Hall–Kier alpha value is -3.03. The standard InChI is InChI=1S/C22H30N4O4/c1-22(2,3)21(27)26-11-9-25(10-12-26)19-8-7-16(23-24-19)15-13-17(28-4)20(30-6)18(14-15)29-5/h7-8,13-14H,9-12H2,1-6H3. The molecule has 1 aliphatic rings. The third-order valence-corrected chi connectivity index (χ3v) is 5.14. The van der Waals surface area contributed by atoms with Gasteiger partial charge in [-0.1, -0.05) is 20.8 Å². The van der Waals surface area contributed by atoms with Gasteiger partial charge in [-0.2, -0.15) is 0 Å². The fourth-order valence-corrected chi connectivity index (χ4v) is 3.49. The molecule has 2 heterocycles. The molecule has 8 nitrogen and oxygen atoms in total. The van der Waals surface area contributed by atoms with Crippen molar-refractivity contribution in [3.63, 3.8) is 0 Å². The quantitative estimate of drug-likeness (QED) is 0.744. The summed E-state index contributed by atoms with van der Waals surface area (Å²) in [6.07, 6.45) is 0. The maximum absolute atomic E-state index is 12.5. The first kappa shape index (κ1) is 21.7. The number of nitrogens with zero attached hydrogens (tertiary/aromatic N) is 4. The van der Waals surface area contributed by atoms with E-state index in [2.05, 4.69) is 15.1 Å². The van der Waals surface area contributed by atoms with Crippen LogP contribution in [0.2, 0.25) is 0 Å². The minimum absolute atomic E-state index is 0.186. The Labute approximate surface area is 177 Å². The number of piperazine rings is 1. The normalized spacial score (nSPS) is 14.5. The fourth-order valence-electron chi connectivity index (χ4n) is 3.49. The first-order valence-electron chi connectivity index (χ1n) is 9.97. The second-order valence-corrected chi connectivity index (χ2v) is 8.22. The van der Waals surface area contributed by atoms with E-state index in [4.69, 9.17) is 14.2 Å². The summed E-state index contributed by atoms with van der Waals surface area (Å²) in [6, 6.07) is 7.58. The van der Waals surface area contributed by atoms with Crippen LogP contribution in [0.4, 0.5) is 5.82 Å². The molecule has 3 rings (SSSR count). The maximum atomic E-state index is 12.5. The van der Waals surface area contributed by atoms with Gasteiger partial charge < -0.3 is 24.0 Å². The minimum Gasteiger partial charge on any atom is -0.493 e. The highest BCUT2D eigenvalue weighted by Crippen LogP contribution is 2.40. The molecule has 0 atom stereocenters. The van der Waals surface area contributed by atoms with E-state index in [1.54, 1.807) is 21.3 Å². The van der Waals surface area contributed by atoms with E-state index in [1.807, 2.05) is 49.9 Å². The van der Waals surface area contributed by atoms with Crippen molar-refractivity contribution in [3.05, 3.63) is 24.3 Å². The molecule has 0 aliphatic carbocycles. The van der Waals surface area contributed by atoms with Crippen LogP contribution in [0, 0.1) is 5.41 Å². The van der Waals surface area contributed by atoms with Crippen LogP contribution in [-0.4, -0.2) is 68.5 Å². The van der Waals surface area contributed by atoms with E-state index in [0.29, 0.717) is 36.0 Å². The average Bonchev–Trinajstić information content (AvgIpc) is 2.77. The predicted octanol–water partition coefficient (Wildman–Crippen LogP) is 2.86. The Morgan fingerprint density at radius 1 is 0.900 bits per heavy atom. The fraction of sp³-hybridized carbons (Fsp3) is 0.500. The molecule has 8 heteroatoms. The summed E-state index contributed by atoms with van der Waals surface area (Å²) in [7, 11) is 4.74. The zero-order chi connectivity index (χ0) is 21.9. The summed E-state index contributed by atoms with van der Waals surface area (Å²) < 4.78 is 16.2. The van der Waals surface area contributed by atoms with Crippen LogP contribution < -0.4 is 19.1 Å². The van der Waals surface area contributed by atoms with Crippen LogP contribution >= 0.6 is 0 Å². The number of carbonyl (C=O) groups excluding carboxylic acids is 1. The van der Waals surface area contributed by atoms with Crippen molar-refractivity contribution < 1.29 is 19.0 Å². The smallest absolute Gasteiger partial charge is 0.228 e. The molecular formula is C22H30N4O4. The summed E-state index contributed by atoms with van der Waals surface area (Å²) in [5.74, 6) is 2.66. The summed E-state index contributed by atoms with van der Waals surface area (Å²) in [5.41, 5.74) is 1.17. The molecule has 0 radical (unpaired) electrons. The van der Waals surface area contributed by atoms with Crippen LogP contribution in [0.25, 0.3) is 11.3 Å². The second kappa shape index (κ2) is 8.77. The highest BCUT2D eigenvalue weighted by molar-refractivity contribution is 5.81. The molecule has 1 saturated heterocycles. The second-order valence-electron chi connectivity index (χ2n) is 8.22. The lowest BCUT2D eigenvalue weighted by Gasteiger charge is -2.38. The largest absolute Gasteiger partial charge is 0.493 e. The monoisotopic (exact) mass is 414 g/mol. The highest BCUT2D eigenvalue weighted by atomic mass is 16.5. The Morgan fingerprint density at radius 2 is 1.50 bits per heavy atom. The number of rotatable bonds is 5. The zero-order valence-corrected chi connectivity index (χ0v) is 18.6. The number of ether oxygens (including phenoxy) is 3. The number of carbonyl (C=O) groups is 1. The zero-order valence-electron chi connectivity index (χ0n) is 18.6. The lowest BCUT2D eigenvalue weighted by molar-refractivity contribution is -0.139. The number of hydrogen-bond acceptors (Lipinski definition) is 7. The summed E-state index contributed by atoms with van der Waals surface area (Å²) >= 11 is 0. The van der Waals surface area contributed by atoms with Gasteiger partial charge in [0.25, 0.3) is 0 Å². The van der Waals surface area contributed by atoms with E-state index >= 15 is 0 Å². The molecule has 1 amide bonds. The lowest BCUT2D eigenvalue weighted by atomic mass is 9.94. The van der Waals surface area contributed by atoms with E-state index in [1.165, 1.54) is 0 Å². The van der Waals surface area contributed by atoms with Crippen molar-refractivity contribution in [1.29, 1.82) is 0 Å². The van der Waals surface area contributed by atoms with Crippen molar-refractivity contribution in [2.24, 2.45) is 5.41 Å². The molecule has 1 aromatic carbocycles.